The summed E-state index contributed by atoms with van der Waals surface area (Å²) >= 11 is 0. The van der Waals surface area contributed by atoms with E-state index in [4.69, 9.17) is 4.74 Å². The predicted octanol–water partition coefficient (Wildman–Crippen LogP) is 4.21. The van der Waals surface area contributed by atoms with Gasteiger partial charge in [-0.2, -0.15) is 8.78 Å². The monoisotopic (exact) mass is 472 g/mol. The minimum Gasteiger partial charge on any atom is -0.493 e. The van der Waals surface area contributed by atoms with E-state index < -0.39 is 6.61 Å². The van der Waals surface area contributed by atoms with Crippen LogP contribution in [0.2, 0.25) is 0 Å². The molecule has 34 heavy (non-hydrogen) atoms. The lowest BCUT2D eigenvalue weighted by Crippen LogP contribution is -2.22. The van der Waals surface area contributed by atoms with Crippen molar-refractivity contribution in [2.24, 2.45) is 0 Å². The number of anilines is 1. The quantitative estimate of drug-likeness (QED) is 0.364. The molecule has 0 atom stereocenters. The number of aryl methyl sites for hydroxylation is 1. The van der Waals surface area contributed by atoms with Gasteiger partial charge in [0, 0.05) is 26.0 Å². The molecule has 2 aromatic carbocycles. The Labute approximate surface area is 194 Å². The molecule has 11 heteroatoms. The number of halogens is 3. The smallest absolute Gasteiger partial charge is 0.387 e. The summed E-state index contributed by atoms with van der Waals surface area (Å²) in [4.78, 5) is 5.77. The Bertz CT molecular complexity index is 1260. The van der Waals surface area contributed by atoms with Gasteiger partial charge in [-0.3, -0.25) is 4.57 Å². The summed E-state index contributed by atoms with van der Waals surface area (Å²) in [6.45, 7) is -0.464. The average molecular weight is 472 g/mol. The highest BCUT2D eigenvalue weighted by atomic mass is 19.3. The molecule has 0 aliphatic carbocycles. The van der Waals surface area contributed by atoms with Crippen LogP contribution < -0.4 is 14.4 Å². The molecule has 0 fully saturated rings. The lowest BCUT2D eigenvalue weighted by Gasteiger charge is -2.20. The van der Waals surface area contributed by atoms with Crippen LogP contribution in [-0.4, -0.2) is 45.1 Å². The van der Waals surface area contributed by atoms with Crippen LogP contribution in [0.15, 0.2) is 55.1 Å². The molecule has 0 aliphatic heterocycles. The number of aromatic nitrogens is 5. The van der Waals surface area contributed by atoms with Crippen molar-refractivity contribution in [2.45, 2.75) is 26.6 Å². The molecular weight excluding hydrogens is 449 g/mol. The molecule has 0 saturated carbocycles. The van der Waals surface area contributed by atoms with Crippen LogP contribution in [0.25, 0.3) is 5.69 Å². The van der Waals surface area contributed by atoms with E-state index in [9.17, 15) is 13.2 Å². The van der Waals surface area contributed by atoms with Gasteiger partial charge < -0.3 is 18.9 Å². The van der Waals surface area contributed by atoms with Crippen molar-refractivity contribution < 1.29 is 22.6 Å². The summed E-state index contributed by atoms with van der Waals surface area (Å²) in [6.07, 6.45) is 4.79. The Morgan fingerprint density at radius 2 is 1.85 bits per heavy atom. The van der Waals surface area contributed by atoms with E-state index in [1.54, 1.807) is 42.2 Å². The summed E-state index contributed by atoms with van der Waals surface area (Å²) in [5.74, 6) is 0.989. The number of hydrogen-bond acceptors (Lipinski definition) is 6. The SMILES string of the molecule is COc1ccc(CN(C)c2nnc(C)n2Cc2ccc(-n3ccnc3)c(F)c2)cc1OC(F)F. The van der Waals surface area contributed by atoms with Gasteiger partial charge in [-0.25, -0.2) is 9.37 Å². The highest BCUT2D eigenvalue weighted by Crippen LogP contribution is 2.30. The molecule has 4 rings (SSSR count). The van der Waals surface area contributed by atoms with Gasteiger partial charge in [0.05, 0.1) is 25.7 Å². The Hall–Kier alpha value is -4.02. The zero-order valence-corrected chi connectivity index (χ0v) is 18.8. The molecule has 2 heterocycles. The van der Waals surface area contributed by atoms with Crippen molar-refractivity contribution in [1.82, 2.24) is 24.3 Å². The minimum atomic E-state index is -2.96. The van der Waals surface area contributed by atoms with Gasteiger partial charge in [0.2, 0.25) is 5.95 Å². The van der Waals surface area contributed by atoms with Crippen molar-refractivity contribution in [1.29, 1.82) is 0 Å². The molecule has 2 aromatic heterocycles. The van der Waals surface area contributed by atoms with Gasteiger partial charge in [0.1, 0.15) is 11.6 Å². The van der Waals surface area contributed by atoms with E-state index in [0.717, 1.165) is 5.56 Å². The van der Waals surface area contributed by atoms with E-state index >= 15 is 0 Å². The lowest BCUT2D eigenvalue weighted by atomic mass is 10.2. The Balaban J connectivity index is 1.54. The third-order valence-corrected chi connectivity index (χ3v) is 5.26. The van der Waals surface area contributed by atoms with Gasteiger partial charge in [0.25, 0.3) is 0 Å². The molecule has 0 saturated heterocycles. The Morgan fingerprint density at radius 3 is 2.53 bits per heavy atom. The first-order chi connectivity index (χ1) is 16.4. The molecule has 0 unspecified atom stereocenters. The number of rotatable bonds is 9. The van der Waals surface area contributed by atoms with E-state index in [1.165, 1.54) is 25.6 Å². The lowest BCUT2D eigenvalue weighted by molar-refractivity contribution is -0.0512. The van der Waals surface area contributed by atoms with Crippen molar-refractivity contribution in [3.63, 3.8) is 0 Å². The fourth-order valence-electron chi connectivity index (χ4n) is 3.63. The predicted molar refractivity (Wildman–Crippen MR) is 119 cm³/mol. The second-order valence-electron chi connectivity index (χ2n) is 7.61. The number of methoxy groups -OCH3 is 1. The molecule has 178 valence electrons. The van der Waals surface area contributed by atoms with Crippen LogP contribution in [0.4, 0.5) is 19.1 Å². The molecule has 4 aromatic rings. The average Bonchev–Trinajstić information content (AvgIpc) is 3.44. The van der Waals surface area contributed by atoms with Crippen LogP contribution in [0.5, 0.6) is 11.5 Å². The van der Waals surface area contributed by atoms with E-state index in [2.05, 4.69) is 19.9 Å². The van der Waals surface area contributed by atoms with Gasteiger partial charge in [0.15, 0.2) is 11.5 Å². The number of benzene rings is 2. The maximum atomic E-state index is 14.7. The number of ether oxygens (including phenoxy) is 2. The molecule has 8 nitrogen and oxygen atoms in total. The van der Waals surface area contributed by atoms with Gasteiger partial charge in [-0.05, 0) is 42.3 Å². The number of hydrogen-bond donors (Lipinski definition) is 0. The number of nitrogens with zero attached hydrogens (tertiary/aromatic N) is 6. The summed E-state index contributed by atoms with van der Waals surface area (Å²) in [5, 5.41) is 8.41. The minimum absolute atomic E-state index is 0.0468. The van der Waals surface area contributed by atoms with E-state index in [-0.39, 0.29) is 17.3 Å². The molecule has 0 amide bonds. The molecule has 0 bridgehead atoms. The molecule has 0 N–H and O–H groups in total. The standard InChI is InChI=1S/C23H23F3N6O2/c1-15-28-29-23(30(2)12-17-5-7-20(33-3)21(11-17)34-22(25)26)32(15)13-16-4-6-19(18(24)10-16)31-9-8-27-14-31/h4-11,14,22H,12-13H2,1-3H3. The van der Waals surface area contributed by atoms with Crippen LogP contribution >= 0.6 is 0 Å². The fraction of sp³-hybridized carbons (Fsp3) is 0.261. The first-order valence-corrected chi connectivity index (χ1v) is 10.3. The molecule has 0 spiro atoms. The number of alkyl halides is 2. The van der Waals surface area contributed by atoms with Crippen LogP contribution in [0.3, 0.4) is 0 Å². The van der Waals surface area contributed by atoms with Gasteiger partial charge in [-0.1, -0.05) is 12.1 Å². The van der Waals surface area contributed by atoms with Crippen molar-refractivity contribution >= 4 is 5.95 Å². The Morgan fingerprint density at radius 1 is 1.06 bits per heavy atom. The largest absolute Gasteiger partial charge is 0.493 e. The third kappa shape index (κ3) is 4.98. The number of imidazole rings is 1. The van der Waals surface area contributed by atoms with Crippen molar-refractivity contribution in [3.8, 4) is 17.2 Å². The molecule has 0 radical (unpaired) electrons. The van der Waals surface area contributed by atoms with Crippen LogP contribution in [-0.2, 0) is 13.1 Å². The highest BCUT2D eigenvalue weighted by Gasteiger charge is 2.17. The third-order valence-electron chi connectivity index (χ3n) is 5.26. The first kappa shape index (κ1) is 23.1. The topological polar surface area (TPSA) is 70.2 Å². The highest BCUT2D eigenvalue weighted by molar-refractivity contribution is 5.45. The first-order valence-electron chi connectivity index (χ1n) is 10.3. The van der Waals surface area contributed by atoms with Gasteiger partial charge in [-0.15, -0.1) is 10.2 Å². The fourth-order valence-corrected chi connectivity index (χ4v) is 3.63. The second-order valence-corrected chi connectivity index (χ2v) is 7.61. The zero-order chi connectivity index (χ0) is 24.2. The normalized spacial score (nSPS) is 11.1. The van der Waals surface area contributed by atoms with Gasteiger partial charge >= 0.3 is 6.61 Å². The molecular formula is C23H23F3N6O2. The second kappa shape index (κ2) is 9.86. The summed E-state index contributed by atoms with van der Waals surface area (Å²) < 4.78 is 53.3. The van der Waals surface area contributed by atoms with Crippen molar-refractivity contribution in [2.75, 3.05) is 19.1 Å². The maximum absolute atomic E-state index is 14.7. The zero-order valence-electron chi connectivity index (χ0n) is 18.8. The maximum Gasteiger partial charge on any atom is 0.387 e. The van der Waals surface area contributed by atoms with E-state index in [0.29, 0.717) is 36.1 Å². The Kier molecular flexibility index (Phi) is 6.71. The van der Waals surface area contributed by atoms with Crippen molar-refractivity contribution in [3.05, 3.63) is 77.9 Å². The summed E-state index contributed by atoms with van der Waals surface area (Å²) in [7, 11) is 3.19. The summed E-state index contributed by atoms with van der Waals surface area (Å²) in [5.41, 5.74) is 1.85. The van der Waals surface area contributed by atoms with Crippen LogP contribution in [0.1, 0.15) is 17.0 Å². The molecule has 0 aliphatic rings. The summed E-state index contributed by atoms with van der Waals surface area (Å²) in [6, 6.07) is 9.82. The van der Waals surface area contributed by atoms with Crippen LogP contribution in [0, 0.1) is 12.7 Å². The van der Waals surface area contributed by atoms with E-state index in [1.807, 2.05) is 22.5 Å².